The van der Waals surface area contributed by atoms with E-state index in [4.69, 9.17) is 0 Å². The van der Waals surface area contributed by atoms with Gasteiger partial charge in [0.15, 0.2) is 0 Å². The van der Waals surface area contributed by atoms with Gasteiger partial charge in [0.1, 0.15) is 0 Å². The number of halogens is 2. The van der Waals surface area contributed by atoms with Crippen LogP contribution in [0.4, 0.5) is 8.78 Å². The van der Waals surface area contributed by atoms with Gasteiger partial charge in [-0.05, 0) is 0 Å². The minimum absolute atomic E-state index is 0.0626. The monoisotopic (exact) mass is 289 g/mol. The summed E-state index contributed by atoms with van der Waals surface area (Å²) >= 11 is 0. The zero-order valence-corrected chi connectivity index (χ0v) is 11.9. The lowest BCUT2D eigenvalue weighted by molar-refractivity contribution is -0.142. The van der Waals surface area contributed by atoms with Crippen LogP contribution in [0.1, 0.15) is 20.3 Å². The third-order valence-corrected chi connectivity index (χ3v) is 3.80. The Morgan fingerprint density at radius 1 is 1.15 bits per heavy atom. The molecule has 0 bridgehead atoms. The molecule has 2 aliphatic heterocycles. The molecule has 114 valence electrons. The van der Waals surface area contributed by atoms with Crippen LogP contribution >= 0.6 is 0 Å². The average Bonchev–Trinajstić information content (AvgIpc) is 2.77. The standard InChI is InChI=1S/C13H21F2N3O2/c1-9(2)11(19)17-3-5-18(6-4-17)12(20)10-7-13(14,15)8-16-10/h9-10,16H,3-8H2,1-2H3. The second-order valence-electron chi connectivity index (χ2n) is 5.80. The number of carbonyl (C=O) groups is 2. The Kier molecular flexibility index (Phi) is 4.27. The number of alkyl halides is 2. The van der Waals surface area contributed by atoms with E-state index in [0.717, 1.165) is 0 Å². The van der Waals surface area contributed by atoms with Gasteiger partial charge in [0.05, 0.1) is 12.6 Å². The van der Waals surface area contributed by atoms with Crippen LogP contribution in [0.15, 0.2) is 0 Å². The Hall–Kier alpha value is -1.24. The number of hydrogen-bond acceptors (Lipinski definition) is 3. The number of hydrogen-bond donors (Lipinski definition) is 1. The molecule has 5 nitrogen and oxygen atoms in total. The summed E-state index contributed by atoms with van der Waals surface area (Å²) in [6, 6.07) is -0.794. The van der Waals surface area contributed by atoms with E-state index in [1.54, 1.807) is 9.80 Å². The first-order valence-corrected chi connectivity index (χ1v) is 6.99. The summed E-state index contributed by atoms with van der Waals surface area (Å²) in [6.07, 6.45) is -0.434. The number of carbonyl (C=O) groups excluding carboxylic acids is 2. The molecule has 0 aromatic heterocycles. The van der Waals surface area contributed by atoms with Crippen LogP contribution < -0.4 is 5.32 Å². The number of rotatable bonds is 2. The minimum Gasteiger partial charge on any atom is -0.339 e. The lowest BCUT2D eigenvalue weighted by Gasteiger charge is -2.36. The lowest BCUT2D eigenvalue weighted by atomic mass is 10.1. The van der Waals surface area contributed by atoms with Crippen LogP contribution in [0, 0.1) is 5.92 Å². The SMILES string of the molecule is CC(C)C(=O)N1CCN(C(=O)C2CC(F)(F)CN2)CC1. The summed E-state index contributed by atoms with van der Waals surface area (Å²) in [5.41, 5.74) is 0. The normalized spacial score (nSPS) is 26.1. The summed E-state index contributed by atoms with van der Waals surface area (Å²) in [7, 11) is 0. The van der Waals surface area contributed by atoms with E-state index in [0.29, 0.717) is 26.2 Å². The Morgan fingerprint density at radius 3 is 2.15 bits per heavy atom. The highest BCUT2D eigenvalue weighted by Gasteiger charge is 2.43. The van der Waals surface area contributed by atoms with Crippen LogP contribution in [-0.4, -0.2) is 66.3 Å². The van der Waals surface area contributed by atoms with Crippen molar-refractivity contribution in [1.82, 2.24) is 15.1 Å². The molecule has 2 saturated heterocycles. The van der Waals surface area contributed by atoms with Gasteiger partial charge in [0, 0.05) is 38.5 Å². The van der Waals surface area contributed by atoms with Gasteiger partial charge in [-0.2, -0.15) is 0 Å². The highest BCUT2D eigenvalue weighted by Crippen LogP contribution is 2.26. The molecule has 2 amide bonds. The van der Waals surface area contributed by atoms with Gasteiger partial charge in [-0.25, -0.2) is 8.78 Å². The number of nitrogens with one attached hydrogen (secondary N) is 1. The van der Waals surface area contributed by atoms with E-state index in [1.807, 2.05) is 13.8 Å². The van der Waals surface area contributed by atoms with Gasteiger partial charge >= 0.3 is 0 Å². The average molecular weight is 289 g/mol. The summed E-state index contributed by atoms with van der Waals surface area (Å²) in [6.45, 7) is 5.03. The molecular weight excluding hydrogens is 268 g/mol. The number of piperazine rings is 1. The van der Waals surface area contributed by atoms with Gasteiger partial charge in [-0.15, -0.1) is 0 Å². The Labute approximate surface area is 117 Å². The highest BCUT2D eigenvalue weighted by molar-refractivity contribution is 5.83. The van der Waals surface area contributed by atoms with E-state index in [-0.39, 0.29) is 17.7 Å². The molecule has 0 radical (unpaired) electrons. The zero-order chi connectivity index (χ0) is 14.9. The molecule has 2 aliphatic rings. The van der Waals surface area contributed by atoms with Crippen molar-refractivity contribution in [2.45, 2.75) is 32.2 Å². The smallest absolute Gasteiger partial charge is 0.262 e. The van der Waals surface area contributed by atoms with Crippen LogP contribution in [0.2, 0.25) is 0 Å². The van der Waals surface area contributed by atoms with E-state index in [1.165, 1.54) is 0 Å². The van der Waals surface area contributed by atoms with Crippen molar-refractivity contribution in [1.29, 1.82) is 0 Å². The predicted octanol–water partition coefficient (Wildman–Crippen LogP) is 0.310. The van der Waals surface area contributed by atoms with Gasteiger partial charge in [-0.3, -0.25) is 14.9 Å². The molecule has 0 aromatic carbocycles. The van der Waals surface area contributed by atoms with E-state index >= 15 is 0 Å². The largest absolute Gasteiger partial charge is 0.339 e. The molecule has 2 rings (SSSR count). The summed E-state index contributed by atoms with van der Waals surface area (Å²) in [4.78, 5) is 27.3. The van der Waals surface area contributed by atoms with Crippen molar-refractivity contribution < 1.29 is 18.4 Å². The topological polar surface area (TPSA) is 52.7 Å². The second-order valence-corrected chi connectivity index (χ2v) is 5.80. The van der Waals surface area contributed by atoms with Crippen molar-refractivity contribution in [3.63, 3.8) is 0 Å². The summed E-state index contributed by atoms with van der Waals surface area (Å²) < 4.78 is 26.2. The number of nitrogens with zero attached hydrogens (tertiary/aromatic N) is 2. The van der Waals surface area contributed by atoms with Crippen molar-refractivity contribution >= 4 is 11.8 Å². The van der Waals surface area contributed by atoms with Crippen LogP contribution in [-0.2, 0) is 9.59 Å². The molecule has 20 heavy (non-hydrogen) atoms. The molecule has 1 N–H and O–H groups in total. The van der Waals surface area contributed by atoms with Crippen molar-refractivity contribution in [3.05, 3.63) is 0 Å². The fourth-order valence-electron chi connectivity index (χ4n) is 2.62. The molecule has 7 heteroatoms. The number of amides is 2. The minimum atomic E-state index is -2.80. The fraction of sp³-hybridized carbons (Fsp3) is 0.846. The maximum atomic E-state index is 13.1. The zero-order valence-electron chi connectivity index (χ0n) is 11.9. The first kappa shape index (κ1) is 15.2. The molecular formula is C13H21F2N3O2. The third-order valence-electron chi connectivity index (χ3n) is 3.80. The molecule has 0 saturated carbocycles. The molecule has 2 fully saturated rings. The van der Waals surface area contributed by atoms with Crippen LogP contribution in [0.25, 0.3) is 0 Å². The molecule has 1 unspecified atom stereocenters. The van der Waals surface area contributed by atoms with Crippen molar-refractivity contribution in [2.24, 2.45) is 5.92 Å². The Balaban J connectivity index is 1.85. The second kappa shape index (κ2) is 5.63. The molecule has 1 atom stereocenters. The van der Waals surface area contributed by atoms with Crippen LogP contribution in [0.5, 0.6) is 0 Å². The van der Waals surface area contributed by atoms with Gasteiger partial charge in [0.2, 0.25) is 11.8 Å². The first-order chi connectivity index (χ1) is 9.30. The van der Waals surface area contributed by atoms with Gasteiger partial charge < -0.3 is 9.80 Å². The lowest BCUT2D eigenvalue weighted by Crippen LogP contribution is -2.54. The molecule has 0 aromatic rings. The van der Waals surface area contributed by atoms with Crippen LogP contribution in [0.3, 0.4) is 0 Å². The first-order valence-electron chi connectivity index (χ1n) is 6.99. The summed E-state index contributed by atoms with van der Waals surface area (Å²) in [5, 5.41) is 2.57. The molecule has 0 aliphatic carbocycles. The fourth-order valence-corrected chi connectivity index (χ4v) is 2.62. The highest BCUT2D eigenvalue weighted by atomic mass is 19.3. The molecule has 0 spiro atoms. The summed E-state index contributed by atoms with van der Waals surface area (Å²) in [5.74, 6) is -3.07. The van der Waals surface area contributed by atoms with Gasteiger partial charge in [-0.1, -0.05) is 13.8 Å². The van der Waals surface area contributed by atoms with E-state index in [9.17, 15) is 18.4 Å². The predicted molar refractivity (Wildman–Crippen MR) is 69.4 cm³/mol. The Morgan fingerprint density at radius 2 is 1.70 bits per heavy atom. The Bertz CT molecular complexity index is 393. The van der Waals surface area contributed by atoms with E-state index < -0.39 is 24.9 Å². The van der Waals surface area contributed by atoms with Crippen molar-refractivity contribution in [3.8, 4) is 0 Å². The van der Waals surface area contributed by atoms with E-state index in [2.05, 4.69) is 5.32 Å². The van der Waals surface area contributed by atoms with Gasteiger partial charge in [0.25, 0.3) is 5.92 Å². The maximum absolute atomic E-state index is 13.1. The quantitative estimate of drug-likeness (QED) is 0.796. The van der Waals surface area contributed by atoms with Crippen molar-refractivity contribution in [2.75, 3.05) is 32.7 Å². The maximum Gasteiger partial charge on any atom is 0.262 e. The third kappa shape index (κ3) is 3.26. The molecule has 2 heterocycles.